The van der Waals surface area contributed by atoms with Crippen LogP contribution in [0.4, 0.5) is 18.9 Å². The number of aromatic carboxylic acids is 1. The maximum atomic E-state index is 11.9. The minimum atomic E-state index is -5.23. The molecular formula is C7H3F3N2O6. The fraction of sp³-hybridized carbons (Fsp3) is 0.143. The fourth-order valence-corrected chi connectivity index (χ4v) is 0.957. The van der Waals surface area contributed by atoms with Gasteiger partial charge < -0.3 is 14.9 Å². The summed E-state index contributed by atoms with van der Waals surface area (Å²) < 4.78 is 38.8. The van der Waals surface area contributed by atoms with Gasteiger partial charge in [-0.15, -0.1) is 13.2 Å². The average molecular weight is 268 g/mol. The summed E-state index contributed by atoms with van der Waals surface area (Å²) in [6, 6.07) is 0.206. The van der Waals surface area contributed by atoms with Crippen LogP contribution in [0.2, 0.25) is 0 Å². The quantitative estimate of drug-likeness (QED) is 0.625. The monoisotopic (exact) mass is 268 g/mol. The Morgan fingerprint density at radius 3 is 2.44 bits per heavy atom. The Hall–Kier alpha value is -2.59. The molecule has 0 saturated carbocycles. The van der Waals surface area contributed by atoms with Crippen molar-refractivity contribution in [3.05, 3.63) is 21.9 Å². The number of carboxylic acid groups (broad SMARTS) is 1. The number of nitro groups is 1. The number of ether oxygens (including phenoxy) is 1. The van der Waals surface area contributed by atoms with E-state index in [1.807, 2.05) is 0 Å². The summed E-state index contributed by atoms with van der Waals surface area (Å²) >= 11 is 0. The van der Waals surface area contributed by atoms with E-state index in [2.05, 4.69) is 9.72 Å². The van der Waals surface area contributed by atoms with Gasteiger partial charge in [-0.3, -0.25) is 10.1 Å². The molecule has 0 aliphatic carbocycles. The van der Waals surface area contributed by atoms with E-state index in [1.54, 1.807) is 0 Å². The van der Waals surface area contributed by atoms with Gasteiger partial charge in [0.25, 0.3) is 5.88 Å². The number of nitrogens with zero attached hydrogens (tertiary/aromatic N) is 2. The number of rotatable bonds is 3. The van der Waals surface area contributed by atoms with Gasteiger partial charge in [0.15, 0.2) is 5.75 Å². The topological polar surface area (TPSA) is 123 Å². The van der Waals surface area contributed by atoms with E-state index in [0.29, 0.717) is 0 Å². The Morgan fingerprint density at radius 2 is 2.06 bits per heavy atom. The molecule has 0 aliphatic rings. The summed E-state index contributed by atoms with van der Waals surface area (Å²) in [4.78, 5) is 22.5. The van der Waals surface area contributed by atoms with Gasteiger partial charge in [0.1, 0.15) is 0 Å². The Bertz CT molecular complexity index is 515. The van der Waals surface area contributed by atoms with Crippen molar-refractivity contribution in [3.63, 3.8) is 0 Å². The largest absolute Gasteiger partial charge is 0.574 e. The second-order valence-electron chi connectivity index (χ2n) is 2.79. The van der Waals surface area contributed by atoms with Crippen LogP contribution in [0.25, 0.3) is 0 Å². The molecule has 1 heterocycles. The molecule has 0 unspecified atom stereocenters. The van der Waals surface area contributed by atoms with Gasteiger partial charge in [-0.25, -0.2) is 4.79 Å². The first-order valence-corrected chi connectivity index (χ1v) is 3.99. The standard InChI is InChI=1S/C7H3F3N2O6/c8-7(9,10)18-5-3(13)1-2(12(16)17)4(11-5)6(14)15/h1,13H,(H,14,15). The predicted molar refractivity (Wildman–Crippen MR) is 46.2 cm³/mol. The average Bonchev–Trinajstić information content (AvgIpc) is 2.17. The molecule has 0 radical (unpaired) electrons. The lowest BCUT2D eigenvalue weighted by Crippen LogP contribution is -2.19. The number of aromatic hydroxyl groups is 1. The van der Waals surface area contributed by atoms with Crippen molar-refractivity contribution < 1.29 is 37.8 Å². The van der Waals surface area contributed by atoms with E-state index in [4.69, 9.17) is 10.2 Å². The molecule has 1 rings (SSSR count). The molecule has 2 N–H and O–H groups in total. The molecule has 0 aliphatic heterocycles. The predicted octanol–water partition coefficient (Wildman–Crippen LogP) is 1.29. The molecule has 11 heteroatoms. The van der Waals surface area contributed by atoms with E-state index in [1.165, 1.54) is 0 Å². The van der Waals surface area contributed by atoms with Crippen molar-refractivity contribution in [1.29, 1.82) is 0 Å². The summed E-state index contributed by atoms with van der Waals surface area (Å²) in [6.07, 6.45) is -5.23. The van der Waals surface area contributed by atoms with E-state index in [-0.39, 0.29) is 6.07 Å². The van der Waals surface area contributed by atoms with E-state index >= 15 is 0 Å². The molecule has 18 heavy (non-hydrogen) atoms. The minimum Gasteiger partial charge on any atom is -0.503 e. The molecule has 8 nitrogen and oxygen atoms in total. The van der Waals surface area contributed by atoms with Crippen LogP contribution in [0.5, 0.6) is 11.6 Å². The molecule has 0 bridgehead atoms. The van der Waals surface area contributed by atoms with E-state index in [0.717, 1.165) is 0 Å². The van der Waals surface area contributed by atoms with Gasteiger partial charge in [0, 0.05) is 0 Å². The third-order valence-electron chi connectivity index (χ3n) is 1.56. The smallest absolute Gasteiger partial charge is 0.503 e. The lowest BCUT2D eigenvalue weighted by Gasteiger charge is -2.09. The van der Waals surface area contributed by atoms with Gasteiger partial charge in [0.05, 0.1) is 11.0 Å². The summed E-state index contributed by atoms with van der Waals surface area (Å²) in [6.45, 7) is 0. The van der Waals surface area contributed by atoms with Gasteiger partial charge in [0.2, 0.25) is 5.69 Å². The van der Waals surface area contributed by atoms with E-state index < -0.39 is 40.3 Å². The fourth-order valence-electron chi connectivity index (χ4n) is 0.957. The van der Waals surface area contributed by atoms with Gasteiger partial charge >= 0.3 is 18.0 Å². The number of halogens is 3. The maximum absolute atomic E-state index is 11.9. The molecule has 0 fully saturated rings. The highest BCUT2D eigenvalue weighted by Crippen LogP contribution is 2.33. The molecule has 0 spiro atoms. The Labute approximate surface area is 95.4 Å². The maximum Gasteiger partial charge on any atom is 0.574 e. The Kier molecular flexibility index (Phi) is 3.26. The van der Waals surface area contributed by atoms with Crippen LogP contribution >= 0.6 is 0 Å². The number of hydrogen-bond acceptors (Lipinski definition) is 6. The van der Waals surface area contributed by atoms with Gasteiger partial charge in [-0.2, -0.15) is 4.98 Å². The van der Waals surface area contributed by atoms with Crippen LogP contribution in [0.15, 0.2) is 6.07 Å². The first-order chi connectivity index (χ1) is 8.11. The molecule has 0 atom stereocenters. The Balaban J connectivity index is 3.36. The lowest BCUT2D eigenvalue weighted by atomic mass is 10.3. The molecule has 98 valence electrons. The summed E-state index contributed by atoms with van der Waals surface area (Å²) in [7, 11) is 0. The molecule has 0 amide bonds. The number of carboxylic acids is 1. The Morgan fingerprint density at radius 1 is 1.50 bits per heavy atom. The number of aromatic nitrogens is 1. The van der Waals surface area contributed by atoms with Gasteiger partial charge in [-0.05, 0) is 0 Å². The van der Waals surface area contributed by atoms with Crippen LogP contribution in [-0.4, -0.2) is 32.5 Å². The van der Waals surface area contributed by atoms with Crippen LogP contribution in [0, 0.1) is 10.1 Å². The number of alkyl halides is 3. The first kappa shape index (κ1) is 13.5. The highest BCUT2D eigenvalue weighted by Gasteiger charge is 2.35. The van der Waals surface area contributed by atoms with Crippen molar-refractivity contribution in [2.45, 2.75) is 6.36 Å². The number of hydrogen-bond donors (Lipinski definition) is 2. The second-order valence-corrected chi connectivity index (χ2v) is 2.79. The first-order valence-electron chi connectivity index (χ1n) is 3.99. The van der Waals surface area contributed by atoms with Crippen LogP contribution in [0.3, 0.4) is 0 Å². The van der Waals surface area contributed by atoms with Crippen LogP contribution in [-0.2, 0) is 0 Å². The molecule has 1 aromatic rings. The SMILES string of the molecule is O=C(O)c1nc(OC(F)(F)F)c(O)cc1[N+](=O)[O-]. The van der Waals surface area contributed by atoms with Crippen molar-refractivity contribution in [1.82, 2.24) is 4.98 Å². The third kappa shape index (κ3) is 2.96. The van der Waals surface area contributed by atoms with E-state index in [9.17, 15) is 28.1 Å². The third-order valence-corrected chi connectivity index (χ3v) is 1.56. The van der Waals surface area contributed by atoms with Crippen molar-refractivity contribution in [2.75, 3.05) is 0 Å². The number of pyridine rings is 1. The zero-order chi connectivity index (χ0) is 14.1. The minimum absolute atomic E-state index is 0.206. The highest BCUT2D eigenvalue weighted by atomic mass is 19.4. The second kappa shape index (κ2) is 4.35. The zero-order valence-electron chi connectivity index (χ0n) is 8.13. The molecule has 1 aromatic heterocycles. The van der Waals surface area contributed by atoms with Crippen LogP contribution < -0.4 is 4.74 Å². The zero-order valence-corrected chi connectivity index (χ0v) is 8.13. The normalized spacial score (nSPS) is 11.1. The van der Waals surface area contributed by atoms with Gasteiger partial charge in [-0.1, -0.05) is 0 Å². The molecule has 0 aromatic carbocycles. The molecular weight excluding hydrogens is 265 g/mol. The van der Waals surface area contributed by atoms with Crippen molar-refractivity contribution in [3.8, 4) is 11.6 Å². The lowest BCUT2D eigenvalue weighted by molar-refractivity contribution is -0.385. The molecule has 0 saturated heterocycles. The summed E-state index contributed by atoms with van der Waals surface area (Å²) in [5, 5.41) is 28.0. The van der Waals surface area contributed by atoms with Crippen molar-refractivity contribution >= 4 is 11.7 Å². The number of carbonyl (C=O) groups is 1. The van der Waals surface area contributed by atoms with Crippen molar-refractivity contribution in [2.24, 2.45) is 0 Å². The van der Waals surface area contributed by atoms with Crippen LogP contribution in [0.1, 0.15) is 10.5 Å². The summed E-state index contributed by atoms with van der Waals surface area (Å²) in [5.74, 6) is -4.72. The highest BCUT2D eigenvalue weighted by molar-refractivity contribution is 5.90. The summed E-state index contributed by atoms with van der Waals surface area (Å²) in [5.41, 5.74) is -2.44.